The Hall–Kier alpha value is -0.430. The van der Waals surface area contributed by atoms with Crippen LogP contribution < -0.4 is 5.32 Å². The molecule has 0 atom stereocenters. The third-order valence-corrected chi connectivity index (χ3v) is 7.45. The maximum atomic E-state index is 12.7. The number of hydrogen-bond donors (Lipinski definition) is 1. The molecule has 1 aliphatic carbocycles. The second kappa shape index (κ2) is 6.36. The van der Waals surface area contributed by atoms with Gasteiger partial charge in [0.05, 0.1) is 4.90 Å². The fourth-order valence-corrected chi connectivity index (χ4v) is 5.56. The van der Waals surface area contributed by atoms with Crippen LogP contribution in [0.25, 0.3) is 0 Å². The third kappa shape index (κ3) is 3.86. The Bertz CT molecular complexity index is 568. The Morgan fingerprint density at radius 3 is 2.57 bits per heavy atom. The van der Waals surface area contributed by atoms with Crippen LogP contribution in [0.3, 0.4) is 0 Å². The Labute approximate surface area is 132 Å². The summed E-state index contributed by atoms with van der Waals surface area (Å²) < 4.78 is 27.0. The lowest BCUT2D eigenvalue weighted by Crippen LogP contribution is -2.40. The fraction of sp³-hybridized carbons (Fsp3) is 0.733. The molecular weight excluding hydrogens is 304 g/mol. The molecule has 4 nitrogen and oxygen atoms in total. The zero-order valence-electron chi connectivity index (χ0n) is 13.3. The summed E-state index contributed by atoms with van der Waals surface area (Å²) in [6.45, 7) is 5.24. The highest BCUT2D eigenvalue weighted by atomic mass is 32.2. The van der Waals surface area contributed by atoms with Gasteiger partial charge in [0.2, 0.25) is 10.0 Å². The van der Waals surface area contributed by atoms with Crippen molar-refractivity contribution in [2.45, 2.75) is 57.0 Å². The predicted octanol–water partition coefficient (Wildman–Crippen LogP) is 3.06. The molecule has 1 fully saturated rings. The number of nitrogens with one attached hydrogen (secondary N) is 1. The van der Waals surface area contributed by atoms with Crippen molar-refractivity contribution in [1.29, 1.82) is 0 Å². The zero-order chi connectivity index (χ0) is 15.7. The van der Waals surface area contributed by atoms with Gasteiger partial charge in [0.25, 0.3) is 0 Å². The number of hydrogen-bond acceptors (Lipinski definition) is 4. The van der Waals surface area contributed by atoms with Gasteiger partial charge in [-0.15, -0.1) is 11.3 Å². The molecular formula is C15H26N2O2S2. The maximum Gasteiger partial charge on any atom is 0.243 e. The lowest BCUT2D eigenvalue weighted by Gasteiger charge is -2.37. The quantitative estimate of drug-likeness (QED) is 0.903. The van der Waals surface area contributed by atoms with Gasteiger partial charge in [-0.3, -0.25) is 0 Å². The molecule has 2 rings (SSSR count). The first-order chi connectivity index (χ1) is 9.76. The highest BCUT2D eigenvalue weighted by molar-refractivity contribution is 7.89. The molecule has 1 heterocycles. The van der Waals surface area contributed by atoms with Crippen LogP contribution in [-0.2, 0) is 16.6 Å². The van der Waals surface area contributed by atoms with E-state index >= 15 is 0 Å². The smallest absolute Gasteiger partial charge is 0.243 e. The molecule has 21 heavy (non-hydrogen) atoms. The Balaban J connectivity index is 2.11. The number of rotatable bonds is 5. The van der Waals surface area contributed by atoms with Crippen molar-refractivity contribution in [3.8, 4) is 0 Å². The Kier molecular flexibility index (Phi) is 5.13. The van der Waals surface area contributed by atoms with E-state index in [1.807, 2.05) is 7.05 Å². The van der Waals surface area contributed by atoms with Crippen LogP contribution in [-0.4, -0.2) is 32.9 Å². The number of thiophene rings is 1. The Morgan fingerprint density at radius 2 is 2.00 bits per heavy atom. The summed E-state index contributed by atoms with van der Waals surface area (Å²) in [5.41, 5.74) is 0.351. The molecule has 1 aromatic heterocycles. The second-order valence-corrected chi connectivity index (χ2v) is 9.69. The normalized spacial score (nSPS) is 20.0. The number of nitrogens with zero attached hydrogens (tertiary/aromatic N) is 1. The lowest BCUT2D eigenvalue weighted by atomic mass is 9.76. The van der Waals surface area contributed by atoms with Gasteiger partial charge in [-0.2, -0.15) is 4.31 Å². The SMILES string of the molecule is CNCc1cc(S(=O)(=O)N(C)C2CCC(C)(C)CC2)cs1. The molecule has 120 valence electrons. The zero-order valence-corrected chi connectivity index (χ0v) is 15.0. The van der Waals surface area contributed by atoms with Crippen molar-refractivity contribution in [3.63, 3.8) is 0 Å². The lowest BCUT2D eigenvalue weighted by molar-refractivity contribution is 0.174. The standard InChI is InChI=1S/C15H26N2O2S2/c1-15(2)7-5-12(6-8-15)17(4)21(18,19)14-9-13(10-16-3)20-11-14/h9,11-12,16H,5-8,10H2,1-4H3. The molecule has 0 bridgehead atoms. The van der Waals surface area contributed by atoms with Gasteiger partial charge in [0, 0.05) is 29.9 Å². The van der Waals surface area contributed by atoms with Crippen LogP contribution in [0.2, 0.25) is 0 Å². The van der Waals surface area contributed by atoms with Crippen molar-refractivity contribution >= 4 is 21.4 Å². The molecule has 1 N–H and O–H groups in total. The van der Waals surface area contributed by atoms with E-state index in [0.717, 1.165) is 30.6 Å². The van der Waals surface area contributed by atoms with E-state index in [-0.39, 0.29) is 6.04 Å². The van der Waals surface area contributed by atoms with Gasteiger partial charge in [-0.25, -0.2) is 8.42 Å². The molecule has 6 heteroatoms. The van der Waals surface area contributed by atoms with Crippen LogP contribution in [0.5, 0.6) is 0 Å². The van der Waals surface area contributed by atoms with Gasteiger partial charge in [0.1, 0.15) is 0 Å². The highest BCUT2D eigenvalue weighted by Crippen LogP contribution is 2.38. The van der Waals surface area contributed by atoms with Gasteiger partial charge in [-0.05, 0) is 44.2 Å². The summed E-state index contributed by atoms with van der Waals surface area (Å²) in [4.78, 5) is 1.49. The van der Waals surface area contributed by atoms with Gasteiger partial charge < -0.3 is 5.32 Å². The van der Waals surface area contributed by atoms with Crippen LogP contribution in [0.15, 0.2) is 16.3 Å². The monoisotopic (exact) mass is 330 g/mol. The molecule has 0 saturated heterocycles. The van der Waals surface area contributed by atoms with Gasteiger partial charge >= 0.3 is 0 Å². The van der Waals surface area contributed by atoms with E-state index in [9.17, 15) is 8.42 Å². The third-order valence-electron chi connectivity index (χ3n) is 4.48. The molecule has 0 aromatic carbocycles. The first-order valence-corrected chi connectivity index (χ1v) is 9.78. The van der Waals surface area contributed by atoms with Crippen molar-refractivity contribution in [2.75, 3.05) is 14.1 Å². The molecule has 1 aromatic rings. The van der Waals surface area contributed by atoms with Crippen LogP contribution in [0.1, 0.15) is 44.4 Å². The highest BCUT2D eigenvalue weighted by Gasteiger charge is 2.34. The summed E-state index contributed by atoms with van der Waals surface area (Å²) in [5, 5.41) is 4.81. The number of sulfonamides is 1. The van der Waals surface area contributed by atoms with E-state index in [4.69, 9.17) is 0 Å². The average Bonchev–Trinajstić information content (AvgIpc) is 2.88. The molecule has 1 aliphatic rings. The summed E-state index contributed by atoms with van der Waals surface area (Å²) in [6, 6.07) is 1.93. The summed E-state index contributed by atoms with van der Waals surface area (Å²) in [5.74, 6) is 0. The minimum atomic E-state index is -3.36. The van der Waals surface area contributed by atoms with Crippen LogP contribution in [0.4, 0.5) is 0 Å². The minimum Gasteiger partial charge on any atom is -0.315 e. The van der Waals surface area contributed by atoms with Crippen LogP contribution in [0, 0.1) is 5.41 Å². The average molecular weight is 331 g/mol. The second-order valence-electron chi connectivity index (χ2n) is 6.70. The molecule has 0 unspecified atom stereocenters. The van der Waals surface area contributed by atoms with Crippen molar-refractivity contribution in [1.82, 2.24) is 9.62 Å². The summed E-state index contributed by atoms with van der Waals surface area (Å²) in [6.07, 6.45) is 4.09. The first-order valence-electron chi connectivity index (χ1n) is 7.46. The molecule has 0 aliphatic heterocycles. The largest absolute Gasteiger partial charge is 0.315 e. The predicted molar refractivity (Wildman–Crippen MR) is 88.1 cm³/mol. The first kappa shape index (κ1) is 16.9. The van der Waals surface area contributed by atoms with E-state index in [0.29, 0.717) is 16.9 Å². The molecule has 0 spiro atoms. The van der Waals surface area contributed by atoms with E-state index < -0.39 is 10.0 Å². The van der Waals surface area contributed by atoms with Crippen molar-refractivity contribution in [2.24, 2.45) is 5.41 Å². The molecule has 0 radical (unpaired) electrons. The van der Waals surface area contributed by atoms with Crippen molar-refractivity contribution < 1.29 is 8.42 Å². The minimum absolute atomic E-state index is 0.135. The van der Waals surface area contributed by atoms with Gasteiger partial charge in [0.15, 0.2) is 0 Å². The van der Waals surface area contributed by atoms with E-state index in [2.05, 4.69) is 19.2 Å². The fourth-order valence-electron chi connectivity index (χ4n) is 2.87. The summed E-state index contributed by atoms with van der Waals surface area (Å²) >= 11 is 1.50. The van der Waals surface area contributed by atoms with Crippen molar-refractivity contribution in [3.05, 3.63) is 16.3 Å². The van der Waals surface area contributed by atoms with Crippen LogP contribution >= 0.6 is 11.3 Å². The topological polar surface area (TPSA) is 49.4 Å². The van der Waals surface area contributed by atoms with Gasteiger partial charge in [-0.1, -0.05) is 13.8 Å². The Morgan fingerprint density at radius 1 is 1.38 bits per heavy atom. The summed E-state index contributed by atoms with van der Waals surface area (Å²) in [7, 11) is 0.237. The molecule has 0 amide bonds. The maximum absolute atomic E-state index is 12.7. The van der Waals surface area contributed by atoms with E-state index in [1.54, 1.807) is 22.8 Å². The molecule has 1 saturated carbocycles. The van der Waals surface area contributed by atoms with E-state index in [1.165, 1.54) is 11.3 Å².